The third-order valence-electron chi connectivity index (χ3n) is 5.47. The maximum atomic E-state index is 13.5. The Morgan fingerprint density at radius 3 is 2.12 bits per heavy atom. The average Bonchev–Trinajstić information content (AvgIpc) is 3.31. The van der Waals surface area contributed by atoms with Gasteiger partial charge >= 0.3 is 0 Å². The highest BCUT2D eigenvalue weighted by molar-refractivity contribution is 9.10. The minimum absolute atomic E-state index is 0.0117. The highest BCUT2D eigenvalue weighted by Crippen LogP contribution is 2.25. The molecule has 0 unspecified atom stereocenters. The van der Waals surface area contributed by atoms with Gasteiger partial charge in [-0.25, -0.2) is 14.6 Å². The van der Waals surface area contributed by atoms with Gasteiger partial charge in [-0.05, 0) is 28.1 Å². The summed E-state index contributed by atoms with van der Waals surface area (Å²) in [5.41, 5.74) is 3.14. The Labute approximate surface area is 194 Å². The van der Waals surface area contributed by atoms with E-state index in [0.29, 0.717) is 43.4 Å². The molecule has 0 atom stereocenters. The van der Waals surface area contributed by atoms with Gasteiger partial charge in [-0.1, -0.05) is 48.5 Å². The van der Waals surface area contributed by atoms with E-state index in [-0.39, 0.29) is 5.91 Å². The quantitative estimate of drug-likeness (QED) is 0.433. The van der Waals surface area contributed by atoms with Crippen molar-refractivity contribution in [2.45, 2.75) is 0 Å². The van der Waals surface area contributed by atoms with Gasteiger partial charge in [-0.2, -0.15) is 5.10 Å². The molecular formula is C24H21BrN6O. The molecule has 1 aliphatic heterocycles. The van der Waals surface area contributed by atoms with E-state index in [9.17, 15) is 4.79 Å². The van der Waals surface area contributed by atoms with E-state index >= 15 is 0 Å². The van der Waals surface area contributed by atoms with Crippen molar-refractivity contribution < 1.29 is 4.79 Å². The first kappa shape index (κ1) is 20.4. The molecule has 2 aromatic carbocycles. The first-order valence-corrected chi connectivity index (χ1v) is 11.2. The molecule has 32 heavy (non-hydrogen) atoms. The van der Waals surface area contributed by atoms with Crippen molar-refractivity contribution in [3.8, 4) is 16.9 Å². The number of para-hydroxylation sites is 1. The third-order valence-corrected chi connectivity index (χ3v) is 5.88. The van der Waals surface area contributed by atoms with Crippen LogP contribution in [-0.4, -0.2) is 56.7 Å². The normalized spacial score (nSPS) is 13.9. The minimum atomic E-state index is -0.0117. The topological polar surface area (TPSA) is 67.2 Å². The van der Waals surface area contributed by atoms with Gasteiger partial charge in [-0.3, -0.25) is 4.79 Å². The van der Waals surface area contributed by atoms with Crippen LogP contribution in [0.2, 0.25) is 0 Å². The lowest BCUT2D eigenvalue weighted by Gasteiger charge is -2.34. The molecule has 1 fully saturated rings. The predicted octanol–water partition coefficient (Wildman–Crippen LogP) is 4.05. The van der Waals surface area contributed by atoms with Crippen LogP contribution in [0.5, 0.6) is 0 Å². The second-order valence-corrected chi connectivity index (χ2v) is 8.43. The predicted molar refractivity (Wildman–Crippen MR) is 127 cm³/mol. The zero-order chi connectivity index (χ0) is 21.9. The number of hydrogen-bond acceptors (Lipinski definition) is 5. The van der Waals surface area contributed by atoms with Crippen LogP contribution in [0.4, 0.5) is 5.95 Å². The van der Waals surface area contributed by atoms with Crippen molar-refractivity contribution in [2.24, 2.45) is 0 Å². The Morgan fingerprint density at radius 2 is 1.47 bits per heavy atom. The van der Waals surface area contributed by atoms with Gasteiger partial charge in [0.15, 0.2) is 0 Å². The Bertz CT molecular complexity index is 1200. The standard InChI is InChI=1S/C24H21BrN6O/c25-19-15-26-24(27-16-19)30-13-11-29(12-14-30)23(32)21-17-31(20-9-5-2-6-10-20)28-22(21)18-7-3-1-4-8-18/h1-10,15-17H,11-14H2. The zero-order valence-corrected chi connectivity index (χ0v) is 18.9. The van der Waals surface area contributed by atoms with Crippen LogP contribution in [0.3, 0.4) is 0 Å². The first-order valence-electron chi connectivity index (χ1n) is 10.4. The third kappa shape index (κ3) is 4.13. The van der Waals surface area contributed by atoms with Crippen molar-refractivity contribution in [3.63, 3.8) is 0 Å². The Morgan fingerprint density at radius 1 is 0.844 bits per heavy atom. The zero-order valence-electron chi connectivity index (χ0n) is 17.3. The van der Waals surface area contributed by atoms with Crippen LogP contribution < -0.4 is 4.90 Å². The highest BCUT2D eigenvalue weighted by Gasteiger charge is 2.27. The van der Waals surface area contributed by atoms with Gasteiger partial charge < -0.3 is 9.80 Å². The summed E-state index contributed by atoms with van der Waals surface area (Å²) in [6.45, 7) is 2.56. The van der Waals surface area contributed by atoms with Crippen molar-refractivity contribution in [3.05, 3.63) is 89.3 Å². The van der Waals surface area contributed by atoms with Crippen LogP contribution in [0.1, 0.15) is 10.4 Å². The van der Waals surface area contributed by atoms with Gasteiger partial charge in [0.2, 0.25) is 5.95 Å². The van der Waals surface area contributed by atoms with E-state index in [0.717, 1.165) is 15.7 Å². The van der Waals surface area contributed by atoms with Gasteiger partial charge in [-0.15, -0.1) is 0 Å². The van der Waals surface area contributed by atoms with Gasteiger partial charge in [0.1, 0.15) is 5.69 Å². The molecule has 2 aromatic heterocycles. The van der Waals surface area contributed by atoms with Crippen molar-refractivity contribution >= 4 is 27.8 Å². The Kier molecular flexibility index (Phi) is 5.68. The SMILES string of the molecule is O=C(c1cn(-c2ccccc2)nc1-c1ccccc1)N1CCN(c2ncc(Br)cn2)CC1. The number of benzene rings is 2. The number of rotatable bonds is 4. The largest absolute Gasteiger partial charge is 0.337 e. The van der Waals surface area contributed by atoms with E-state index in [1.165, 1.54) is 0 Å². The number of amides is 1. The van der Waals surface area contributed by atoms with E-state index < -0.39 is 0 Å². The molecule has 1 saturated heterocycles. The van der Waals surface area contributed by atoms with Gasteiger partial charge in [0, 0.05) is 50.3 Å². The molecule has 0 spiro atoms. The molecular weight excluding hydrogens is 468 g/mol. The molecule has 1 amide bonds. The lowest BCUT2D eigenvalue weighted by atomic mass is 10.1. The fraction of sp³-hybridized carbons (Fsp3) is 0.167. The lowest BCUT2D eigenvalue weighted by Crippen LogP contribution is -2.49. The summed E-state index contributed by atoms with van der Waals surface area (Å²) in [6.07, 6.45) is 5.32. The van der Waals surface area contributed by atoms with Crippen LogP contribution in [0, 0.1) is 0 Å². The second-order valence-electron chi connectivity index (χ2n) is 7.52. The maximum absolute atomic E-state index is 13.5. The molecule has 4 aromatic rings. The summed E-state index contributed by atoms with van der Waals surface area (Å²) in [4.78, 5) is 26.3. The summed E-state index contributed by atoms with van der Waals surface area (Å²) < 4.78 is 2.63. The smallest absolute Gasteiger partial charge is 0.257 e. The van der Waals surface area contributed by atoms with Crippen molar-refractivity contribution in [2.75, 3.05) is 31.1 Å². The van der Waals surface area contributed by atoms with E-state index in [1.54, 1.807) is 17.1 Å². The number of hydrogen-bond donors (Lipinski definition) is 0. The highest BCUT2D eigenvalue weighted by atomic mass is 79.9. The number of anilines is 1. The van der Waals surface area contributed by atoms with Crippen LogP contribution in [0.25, 0.3) is 16.9 Å². The summed E-state index contributed by atoms with van der Waals surface area (Å²) in [5.74, 6) is 0.671. The molecule has 1 aliphatic rings. The van der Waals surface area contributed by atoms with Crippen molar-refractivity contribution in [1.82, 2.24) is 24.6 Å². The second kappa shape index (κ2) is 8.92. The van der Waals surface area contributed by atoms with Crippen LogP contribution >= 0.6 is 15.9 Å². The summed E-state index contributed by atoms with van der Waals surface area (Å²) in [5, 5.41) is 4.77. The molecule has 0 N–H and O–H groups in total. The number of carbonyl (C=O) groups is 1. The Hall–Kier alpha value is -3.52. The van der Waals surface area contributed by atoms with E-state index in [1.807, 2.05) is 71.8 Å². The number of nitrogens with zero attached hydrogens (tertiary/aromatic N) is 6. The molecule has 0 bridgehead atoms. The van der Waals surface area contributed by atoms with Crippen LogP contribution in [-0.2, 0) is 0 Å². The monoisotopic (exact) mass is 488 g/mol. The molecule has 0 radical (unpaired) electrons. The number of halogens is 1. The first-order chi connectivity index (χ1) is 15.7. The van der Waals surface area contributed by atoms with E-state index in [4.69, 9.17) is 5.10 Å². The average molecular weight is 489 g/mol. The number of aromatic nitrogens is 4. The molecule has 0 aliphatic carbocycles. The van der Waals surface area contributed by atoms with Gasteiger partial charge in [0.05, 0.1) is 15.7 Å². The summed E-state index contributed by atoms with van der Waals surface area (Å²) >= 11 is 3.36. The molecule has 5 rings (SSSR count). The minimum Gasteiger partial charge on any atom is -0.337 e. The molecule has 0 saturated carbocycles. The van der Waals surface area contributed by atoms with Gasteiger partial charge in [0.25, 0.3) is 5.91 Å². The summed E-state index contributed by atoms with van der Waals surface area (Å²) in [6, 6.07) is 19.7. The van der Waals surface area contributed by atoms with E-state index in [2.05, 4.69) is 30.8 Å². The molecule has 3 heterocycles. The van der Waals surface area contributed by atoms with Crippen LogP contribution in [0.15, 0.2) is 83.7 Å². The lowest BCUT2D eigenvalue weighted by molar-refractivity contribution is 0.0747. The fourth-order valence-corrected chi connectivity index (χ4v) is 4.01. The molecule has 7 nitrogen and oxygen atoms in total. The Balaban J connectivity index is 1.40. The molecule has 8 heteroatoms. The maximum Gasteiger partial charge on any atom is 0.257 e. The number of piperazine rings is 1. The fourth-order valence-electron chi connectivity index (χ4n) is 3.80. The summed E-state index contributed by atoms with van der Waals surface area (Å²) in [7, 11) is 0. The van der Waals surface area contributed by atoms with Crippen molar-refractivity contribution in [1.29, 1.82) is 0 Å². The molecule has 160 valence electrons. The number of carbonyl (C=O) groups excluding carboxylic acids is 1.